The SMILES string of the molecule is NC1CC=CS1. The lowest BCUT2D eigenvalue weighted by Crippen LogP contribution is -2.09. The van der Waals surface area contributed by atoms with E-state index in [0.717, 1.165) is 6.42 Å². The minimum Gasteiger partial charge on any atom is -0.319 e. The first-order valence-corrected chi connectivity index (χ1v) is 2.90. The zero-order valence-electron chi connectivity index (χ0n) is 3.42. The van der Waals surface area contributed by atoms with Crippen molar-refractivity contribution in [2.45, 2.75) is 11.8 Å². The van der Waals surface area contributed by atoms with Crippen molar-refractivity contribution in [2.75, 3.05) is 0 Å². The third-order valence-corrected chi connectivity index (χ3v) is 1.61. The molecule has 34 valence electrons. The normalized spacial score (nSPS) is 31.8. The van der Waals surface area contributed by atoms with E-state index in [2.05, 4.69) is 6.08 Å². The molecule has 1 aliphatic heterocycles. The molecule has 1 nitrogen and oxygen atoms in total. The van der Waals surface area contributed by atoms with E-state index >= 15 is 0 Å². The van der Waals surface area contributed by atoms with Gasteiger partial charge in [-0.1, -0.05) is 6.08 Å². The largest absolute Gasteiger partial charge is 0.319 e. The van der Waals surface area contributed by atoms with Gasteiger partial charge in [0.05, 0.1) is 5.37 Å². The summed E-state index contributed by atoms with van der Waals surface area (Å²) in [5.74, 6) is 0. The van der Waals surface area contributed by atoms with Crippen molar-refractivity contribution in [3.8, 4) is 0 Å². The smallest absolute Gasteiger partial charge is 0.0583 e. The van der Waals surface area contributed by atoms with E-state index in [-0.39, 0.29) is 0 Å². The molecule has 0 aromatic carbocycles. The predicted molar refractivity (Wildman–Crippen MR) is 29.3 cm³/mol. The second kappa shape index (κ2) is 1.67. The van der Waals surface area contributed by atoms with Gasteiger partial charge >= 0.3 is 0 Å². The molecule has 1 unspecified atom stereocenters. The quantitative estimate of drug-likeness (QED) is 0.491. The van der Waals surface area contributed by atoms with Crippen molar-refractivity contribution in [1.29, 1.82) is 0 Å². The molecule has 0 saturated heterocycles. The standard InChI is InChI=1S/C4H7NS/c5-4-2-1-3-6-4/h1,3-4H,2,5H2. The maximum atomic E-state index is 5.44. The molecule has 0 aromatic heterocycles. The molecule has 0 spiro atoms. The fourth-order valence-corrected chi connectivity index (χ4v) is 1.05. The van der Waals surface area contributed by atoms with Crippen LogP contribution in [0, 0.1) is 0 Å². The summed E-state index contributed by atoms with van der Waals surface area (Å²) in [6.07, 6.45) is 3.14. The maximum Gasteiger partial charge on any atom is 0.0583 e. The minimum atomic E-state index is 0.352. The Labute approximate surface area is 41.6 Å². The summed E-state index contributed by atoms with van der Waals surface area (Å²) in [6.45, 7) is 0. The average molecular weight is 101 g/mol. The van der Waals surface area contributed by atoms with Gasteiger partial charge in [-0.25, -0.2) is 0 Å². The van der Waals surface area contributed by atoms with E-state index in [0.29, 0.717) is 5.37 Å². The van der Waals surface area contributed by atoms with Crippen LogP contribution in [0.4, 0.5) is 0 Å². The summed E-state index contributed by atoms with van der Waals surface area (Å²) in [4.78, 5) is 0. The highest BCUT2D eigenvalue weighted by atomic mass is 32.2. The molecule has 0 bridgehead atoms. The molecule has 1 aliphatic rings. The summed E-state index contributed by atoms with van der Waals surface area (Å²) < 4.78 is 0. The summed E-state index contributed by atoms with van der Waals surface area (Å²) in [5.41, 5.74) is 5.44. The second-order valence-corrected chi connectivity index (χ2v) is 2.43. The highest BCUT2D eigenvalue weighted by molar-refractivity contribution is 8.02. The number of rotatable bonds is 0. The van der Waals surface area contributed by atoms with Gasteiger partial charge < -0.3 is 5.73 Å². The molecular formula is C4H7NS. The Kier molecular flexibility index (Phi) is 1.17. The lowest BCUT2D eigenvalue weighted by atomic mass is 10.4. The van der Waals surface area contributed by atoms with Crippen LogP contribution in [0.25, 0.3) is 0 Å². The summed E-state index contributed by atoms with van der Waals surface area (Å²) >= 11 is 1.69. The van der Waals surface area contributed by atoms with Gasteiger partial charge in [-0.15, -0.1) is 11.8 Å². The fourth-order valence-electron chi connectivity index (χ4n) is 0.402. The minimum absolute atomic E-state index is 0.352. The highest BCUT2D eigenvalue weighted by Gasteiger charge is 2.00. The molecule has 0 amide bonds. The van der Waals surface area contributed by atoms with Crippen molar-refractivity contribution in [3.63, 3.8) is 0 Å². The highest BCUT2D eigenvalue weighted by Crippen LogP contribution is 2.18. The zero-order chi connectivity index (χ0) is 4.41. The molecular weight excluding hydrogens is 94.1 g/mol. The summed E-state index contributed by atoms with van der Waals surface area (Å²) in [6, 6.07) is 0. The molecule has 0 radical (unpaired) electrons. The Hall–Kier alpha value is 0.0500. The first-order chi connectivity index (χ1) is 2.89. The van der Waals surface area contributed by atoms with Gasteiger partial charge in [-0.3, -0.25) is 0 Å². The van der Waals surface area contributed by atoms with Crippen molar-refractivity contribution in [2.24, 2.45) is 5.73 Å². The molecule has 1 rings (SSSR count). The van der Waals surface area contributed by atoms with Crippen LogP contribution in [0.2, 0.25) is 0 Å². The molecule has 0 aliphatic carbocycles. The van der Waals surface area contributed by atoms with Crippen molar-refractivity contribution >= 4 is 11.8 Å². The molecule has 6 heavy (non-hydrogen) atoms. The van der Waals surface area contributed by atoms with Gasteiger partial charge in [0.1, 0.15) is 0 Å². The fraction of sp³-hybridized carbons (Fsp3) is 0.500. The van der Waals surface area contributed by atoms with Gasteiger partial charge in [0.2, 0.25) is 0 Å². The summed E-state index contributed by atoms with van der Waals surface area (Å²) in [5, 5.41) is 2.40. The van der Waals surface area contributed by atoms with Gasteiger partial charge in [0.15, 0.2) is 0 Å². The monoisotopic (exact) mass is 101 g/mol. The van der Waals surface area contributed by atoms with Gasteiger partial charge in [0, 0.05) is 0 Å². The molecule has 1 heterocycles. The topological polar surface area (TPSA) is 26.0 Å². The Balaban J connectivity index is 2.32. The van der Waals surface area contributed by atoms with Gasteiger partial charge in [-0.2, -0.15) is 0 Å². The molecule has 1 atom stereocenters. The Morgan fingerprint density at radius 2 is 2.67 bits per heavy atom. The van der Waals surface area contributed by atoms with Crippen molar-refractivity contribution in [3.05, 3.63) is 11.5 Å². The molecule has 0 aromatic rings. The molecule has 2 N–H and O–H groups in total. The second-order valence-electron chi connectivity index (χ2n) is 1.28. The van der Waals surface area contributed by atoms with E-state index in [1.54, 1.807) is 11.8 Å². The lowest BCUT2D eigenvalue weighted by Gasteiger charge is -1.92. The number of hydrogen-bond acceptors (Lipinski definition) is 2. The predicted octanol–water partition coefficient (Wildman–Crippen LogP) is 0.922. The third kappa shape index (κ3) is 0.758. The van der Waals surface area contributed by atoms with Crippen LogP contribution in [-0.4, -0.2) is 5.37 Å². The maximum absolute atomic E-state index is 5.44. The van der Waals surface area contributed by atoms with Crippen LogP contribution in [0.1, 0.15) is 6.42 Å². The summed E-state index contributed by atoms with van der Waals surface area (Å²) in [7, 11) is 0. The number of thioether (sulfide) groups is 1. The van der Waals surface area contributed by atoms with Crippen LogP contribution in [-0.2, 0) is 0 Å². The Bertz CT molecular complexity index is 61.9. The van der Waals surface area contributed by atoms with E-state index < -0.39 is 0 Å². The van der Waals surface area contributed by atoms with Crippen molar-refractivity contribution < 1.29 is 0 Å². The molecule has 2 heteroatoms. The van der Waals surface area contributed by atoms with E-state index in [9.17, 15) is 0 Å². The van der Waals surface area contributed by atoms with Gasteiger partial charge in [0.25, 0.3) is 0 Å². The first-order valence-electron chi connectivity index (χ1n) is 1.95. The molecule has 0 fully saturated rings. The number of hydrogen-bond donors (Lipinski definition) is 1. The Morgan fingerprint density at radius 1 is 1.83 bits per heavy atom. The van der Waals surface area contributed by atoms with Gasteiger partial charge in [-0.05, 0) is 11.8 Å². The van der Waals surface area contributed by atoms with E-state index in [1.165, 1.54) is 0 Å². The van der Waals surface area contributed by atoms with Crippen molar-refractivity contribution in [1.82, 2.24) is 0 Å². The molecule has 0 saturated carbocycles. The van der Waals surface area contributed by atoms with E-state index in [1.807, 2.05) is 5.41 Å². The first kappa shape index (κ1) is 4.22. The third-order valence-electron chi connectivity index (χ3n) is 0.718. The lowest BCUT2D eigenvalue weighted by molar-refractivity contribution is 0.953. The number of nitrogens with two attached hydrogens (primary N) is 1. The zero-order valence-corrected chi connectivity index (χ0v) is 4.24. The van der Waals surface area contributed by atoms with Crippen LogP contribution in [0.15, 0.2) is 11.5 Å². The average Bonchev–Trinajstić information content (AvgIpc) is 1.86. The van der Waals surface area contributed by atoms with E-state index in [4.69, 9.17) is 5.73 Å². The van der Waals surface area contributed by atoms with Crippen LogP contribution >= 0.6 is 11.8 Å². The van der Waals surface area contributed by atoms with Crippen LogP contribution < -0.4 is 5.73 Å². The van der Waals surface area contributed by atoms with Crippen LogP contribution in [0.5, 0.6) is 0 Å². The van der Waals surface area contributed by atoms with Crippen LogP contribution in [0.3, 0.4) is 0 Å². The Morgan fingerprint density at radius 3 is 2.83 bits per heavy atom.